The van der Waals surface area contributed by atoms with E-state index in [4.69, 9.17) is 76.9 Å². The van der Waals surface area contributed by atoms with Crippen molar-refractivity contribution in [1.29, 1.82) is 0 Å². The van der Waals surface area contributed by atoms with Crippen molar-refractivity contribution in [2.45, 2.75) is 6.29 Å². The van der Waals surface area contributed by atoms with E-state index in [1.807, 2.05) is 0 Å². The van der Waals surface area contributed by atoms with Crippen molar-refractivity contribution >= 4 is 5.97 Å². The number of carboxylic acids is 1. The molecule has 17 heteroatoms. The quantitative estimate of drug-likeness (QED) is 0.0510. The summed E-state index contributed by atoms with van der Waals surface area (Å²) in [5.41, 5.74) is 0. The zero-order valence-corrected chi connectivity index (χ0v) is 26.5. The minimum atomic E-state index is -1.46. The van der Waals surface area contributed by atoms with Gasteiger partial charge in [-0.2, -0.15) is 0 Å². The molecule has 0 rings (SSSR count). The molecule has 0 aliphatic heterocycles. The summed E-state index contributed by atoms with van der Waals surface area (Å²) >= 11 is 0. The monoisotopic (exact) mass is 664 g/mol. The summed E-state index contributed by atoms with van der Waals surface area (Å²) in [4.78, 5) is 10.3. The molecule has 0 atom stereocenters. The molecule has 0 saturated heterocycles. The van der Waals surface area contributed by atoms with Crippen LogP contribution in [-0.2, 0) is 66.4 Å². The predicted molar refractivity (Wildman–Crippen MR) is 157 cm³/mol. The number of aliphatic carboxylic acids is 1. The van der Waals surface area contributed by atoms with Crippen LogP contribution in [0.2, 0.25) is 0 Å². The normalized spacial score (nSPS) is 11.6. The highest BCUT2D eigenvalue weighted by atomic mass is 16.6. The van der Waals surface area contributed by atoms with E-state index in [0.717, 1.165) is 0 Å². The van der Waals surface area contributed by atoms with Crippen LogP contribution in [-0.4, -0.2) is 199 Å². The van der Waals surface area contributed by atoms with Gasteiger partial charge in [0.1, 0.15) is 6.61 Å². The van der Waals surface area contributed by atoms with Gasteiger partial charge in [0.15, 0.2) is 6.29 Å². The van der Waals surface area contributed by atoms with Gasteiger partial charge in [0.2, 0.25) is 0 Å². The van der Waals surface area contributed by atoms with Crippen LogP contribution >= 0.6 is 0 Å². The molecule has 0 fully saturated rings. The molecule has 0 aromatic heterocycles. The first-order valence-corrected chi connectivity index (χ1v) is 15.2. The highest BCUT2D eigenvalue weighted by molar-refractivity contribution is 5.67. The Balaban J connectivity index is 3.05. The van der Waals surface area contributed by atoms with Crippen LogP contribution in [0.1, 0.15) is 0 Å². The summed E-state index contributed by atoms with van der Waals surface area (Å²) in [6, 6.07) is 0. The number of ether oxygens (including phenoxy) is 13. The van der Waals surface area contributed by atoms with Crippen molar-refractivity contribution in [3.05, 3.63) is 0 Å². The third-order valence-electron chi connectivity index (χ3n) is 4.96. The first kappa shape index (κ1) is 43.9. The van der Waals surface area contributed by atoms with Gasteiger partial charge in [0.25, 0.3) is 0 Å². The van der Waals surface area contributed by atoms with Gasteiger partial charge in [-0.3, -0.25) is 0 Å². The number of aliphatic hydroxyl groups excluding tert-OH is 1. The molecule has 0 radical (unpaired) electrons. The number of hydrogen-bond acceptors (Lipinski definition) is 16. The molecule has 0 aromatic carbocycles. The van der Waals surface area contributed by atoms with Gasteiger partial charge in [-0.15, -0.1) is 0 Å². The Morgan fingerprint density at radius 1 is 0.333 bits per heavy atom. The Labute approximate surface area is 266 Å². The lowest BCUT2D eigenvalue weighted by molar-refractivity contribution is -0.142. The van der Waals surface area contributed by atoms with Crippen molar-refractivity contribution in [1.82, 2.24) is 0 Å². The van der Waals surface area contributed by atoms with Gasteiger partial charge >= 0.3 is 5.97 Å². The number of rotatable bonds is 40. The Morgan fingerprint density at radius 2 is 0.511 bits per heavy atom. The van der Waals surface area contributed by atoms with Gasteiger partial charge in [0, 0.05) is 0 Å². The minimum absolute atomic E-state index is 0.128. The molecule has 0 amide bonds. The smallest absolute Gasteiger partial charge is 0.329 e. The molecule has 0 spiro atoms. The van der Waals surface area contributed by atoms with Crippen LogP contribution in [0.3, 0.4) is 0 Å². The molecule has 270 valence electrons. The van der Waals surface area contributed by atoms with Gasteiger partial charge in [-0.25, -0.2) is 4.79 Å². The summed E-state index contributed by atoms with van der Waals surface area (Å²) in [5, 5.41) is 25.6. The summed E-state index contributed by atoms with van der Waals surface area (Å²) in [6.07, 6.45) is -1.46. The van der Waals surface area contributed by atoms with E-state index in [2.05, 4.69) is 0 Å². The van der Waals surface area contributed by atoms with E-state index in [9.17, 15) is 4.79 Å². The van der Waals surface area contributed by atoms with Crippen LogP contribution in [0.15, 0.2) is 0 Å². The van der Waals surface area contributed by atoms with Crippen LogP contribution in [0, 0.1) is 0 Å². The molecule has 0 aliphatic carbocycles. The summed E-state index contributed by atoms with van der Waals surface area (Å²) in [6.45, 7) is 10.0. The summed E-state index contributed by atoms with van der Waals surface area (Å²) < 4.78 is 69.0. The summed E-state index contributed by atoms with van der Waals surface area (Å²) in [7, 11) is 0. The highest BCUT2D eigenvalue weighted by Crippen LogP contribution is 1.88. The lowest BCUT2D eigenvalue weighted by Gasteiger charge is -2.09. The molecule has 0 bridgehead atoms. The zero-order chi connectivity index (χ0) is 32.7. The molecule has 3 N–H and O–H groups in total. The molecule has 0 heterocycles. The molecule has 0 aromatic rings. The minimum Gasteiger partial charge on any atom is -0.480 e. The third-order valence-corrected chi connectivity index (χ3v) is 4.96. The van der Waals surface area contributed by atoms with Crippen molar-refractivity contribution in [3.63, 3.8) is 0 Å². The molecular formula is C28H56O17. The van der Waals surface area contributed by atoms with Crippen molar-refractivity contribution < 1.29 is 81.7 Å². The Hall–Kier alpha value is -1.13. The third kappa shape index (κ3) is 42.9. The van der Waals surface area contributed by atoms with Gasteiger partial charge in [0.05, 0.1) is 165 Å². The first-order valence-electron chi connectivity index (χ1n) is 15.2. The van der Waals surface area contributed by atoms with E-state index in [-0.39, 0.29) is 19.8 Å². The van der Waals surface area contributed by atoms with Crippen molar-refractivity contribution in [2.75, 3.05) is 172 Å². The number of hydrogen-bond donors (Lipinski definition) is 3. The second-order valence-electron chi connectivity index (χ2n) is 8.74. The SMILES string of the molecule is O=C(O)COCCOCCOCCOCCOCCOCCOCCOCCOCCOCCOCCOCCOCC(O)O. The molecule has 0 aliphatic rings. The van der Waals surface area contributed by atoms with Gasteiger partial charge < -0.3 is 76.9 Å². The van der Waals surface area contributed by atoms with Crippen LogP contribution in [0.25, 0.3) is 0 Å². The Morgan fingerprint density at radius 3 is 0.689 bits per heavy atom. The van der Waals surface area contributed by atoms with E-state index < -0.39 is 12.3 Å². The number of carbonyl (C=O) groups is 1. The second kappa shape index (κ2) is 39.1. The van der Waals surface area contributed by atoms with E-state index >= 15 is 0 Å². The highest BCUT2D eigenvalue weighted by Gasteiger charge is 1.99. The number of carboxylic acid groups (broad SMARTS) is 1. The fourth-order valence-electron chi connectivity index (χ4n) is 2.89. The Bertz CT molecular complexity index is 573. The van der Waals surface area contributed by atoms with E-state index in [0.29, 0.717) is 152 Å². The topological polar surface area (TPSA) is 198 Å². The van der Waals surface area contributed by atoms with E-state index in [1.54, 1.807) is 0 Å². The molecule has 17 nitrogen and oxygen atoms in total. The maximum atomic E-state index is 10.3. The molecular weight excluding hydrogens is 608 g/mol. The largest absolute Gasteiger partial charge is 0.480 e. The fourth-order valence-corrected chi connectivity index (χ4v) is 2.89. The zero-order valence-electron chi connectivity index (χ0n) is 26.5. The molecule has 45 heavy (non-hydrogen) atoms. The standard InChI is InChI=1S/C28H56O17/c29-27(30)25-44-23-21-42-19-17-40-15-13-38-11-9-36-7-5-34-3-1-33-2-4-35-6-8-37-10-12-39-14-16-41-18-20-43-22-24-45-26-28(31)32/h27,29-30H,1-26H2,(H,31,32). The summed E-state index contributed by atoms with van der Waals surface area (Å²) in [5.74, 6) is -1.00. The van der Waals surface area contributed by atoms with E-state index in [1.165, 1.54) is 0 Å². The average molecular weight is 665 g/mol. The Kier molecular flexibility index (Phi) is 38.1. The van der Waals surface area contributed by atoms with Crippen molar-refractivity contribution in [3.8, 4) is 0 Å². The predicted octanol–water partition coefficient (Wildman–Crippen LogP) is -1.40. The van der Waals surface area contributed by atoms with Crippen LogP contribution in [0.4, 0.5) is 0 Å². The van der Waals surface area contributed by atoms with Gasteiger partial charge in [-0.1, -0.05) is 0 Å². The first-order chi connectivity index (χ1) is 22.1. The lowest BCUT2D eigenvalue weighted by atomic mass is 10.6. The van der Waals surface area contributed by atoms with Crippen LogP contribution < -0.4 is 0 Å². The van der Waals surface area contributed by atoms with Crippen molar-refractivity contribution in [2.24, 2.45) is 0 Å². The average Bonchev–Trinajstić information content (AvgIpc) is 3.02. The maximum Gasteiger partial charge on any atom is 0.329 e. The maximum absolute atomic E-state index is 10.3. The molecule has 0 unspecified atom stereocenters. The fraction of sp³-hybridized carbons (Fsp3) is 0.964. The van der Waals surface area contributed by atoms with Gasteiger partial charge in [-0.05, 0) is 0 Å². The second-order valence-corrected chi connectivity index (χ2v) is 8.74. The lowest BCUT2D eigenvalue weighted by Crippen LogP contribution is -2.17. The number of aliphatic hydroxyl groups is 2. The van der Waals surface area contributed by atoms with Crippen LogP contribution in [0.5, 0.6) is 0 Å². The molecule has 0 saturated carbocycles.